The van der Waals surface area contributed by atoms with Gasteiger partial charge in [-0.3, -0.25) is 19.2 Å². The van der Waals surface area contributed by atoms with Crippen LogP contribution in [0, 0.1) is 23.7 Å². The first-order valence-corrected chi connectivity index (χ1v) is 19.5. The quantitative estimate of drug-likeness (QED) is 0.110. The van der Waals surface area contributed by atoms with E-state index in [1.165, 1.54) is 20.1 Å². The van der Waals surface area contributed by atoms with Crippen LogP contribution in [0.2, 0.25) is 0 Å². The maximum atomic E-state index is 15.0. The van der Waals surface area contributed by atoms with Crippen molar-refractivity contribution in [2.24, 2.45) is 23.7 Å². The van der Waals surface area contributed by atoms with E-state index in [0.29, 0.717) is 130 Å². The number of aliphatic carboxylic acids is 2. The molecule has 0 bridgehead atoms. The highest BCUT2D eigenvalue weighted by molar-refractivity contribution is 6.34. The lowest BCUT2D eigenvalue weighted by molar-refractivity contribution is -0.143. The van der Waals surface area contributed by atoms with Gasteiger partial charge < -0.3 is 40.7 Å². The number of Topliss-reactive ketones (excluding diaryl/α,β-unsaturated/α-hetero) is 2. The lowest BCUT2D eigenvalue weighted by Crippen LogP contribution is -2.31. The second kappa shape index (κ2) is 14.2. The number of ketones is 2. The van der Waals surface area contributed by atoms with Gasteiger partial charge in [0.1, 0.15) is 17.6 Å². The smallest absolute Gasteiger partial charge is 0.306 e. The van der Waals surface area contributed by atoms with Gasteiger partial charge in [0.2, 0.25) is 5.78 Å². The molecule has 2 fully saturated rings. The molecule has 3 aromatic rings. The summed E-state index contributed by atoms with van der Waals surface area (Å²) in [6, 6.07) is 2.95. The fraction of sp³-hybridized carbons (Fsp3) is 0.455. The maximum Gasteiger partial charge on any atom is 0.306 e. The monoisotopic (exact) mass is 765 g/mol. The number of phenolic OH excluding ortho intramolecular Hbond substituents is 1. The van der Waals surface area contributed by atoms with Gasteiger partial charge in [-0.2, -0.15) is 0 Å². The first-order chi connectivity index (χ1) is 26.8. The number of carbonyl (C=O) groups excluding carboxylic acids is 2. The number of carbonyl (C=O) groups is 4. The zero-order chi connectivity index (χ0) is 39.9. The number of anilines is 1. The van der Waals surface area contributed by atoms with Crippen LogP contribution in [0.4, 0.5) is 5.69 Å². The molecule has 56 heavy (non-hydrogen) atoms. The van der Waals surface area contributed by atoms with Gasteiger partial charge in [-0.15, -0.1) is 0 Å². The van der Waals surface area contributed by atoms with Crippen LogP contribution in [-0.4, -0.2) is 67.3 Å². The molecule has 0 amide bonds. The summed E-state index contributed by atoms with van der Waals surface area (Å²) in [5.74, 6) is -4.43. The molecule has 12 heteroatoms. The highest BCUT2D eigenvalue weighted by atomic mass is 16.5. The lowest BCUT2D eigenvalue weighted by Gasteiger charge is -2.36. The Labute approximate surface area is 323 Å². The molecule has 0 aromatic heterocycles. The van der Waals surface area contributed by atoms with E-state index in [1.807, 2.05) is 13.0 Å². The number of benzene rings is 3. The molecule has 7 N–H and O–H groups in total. The van der Waals surface area contributed by atoms with E-state index in [2.05, 4.69) is 5.32 Å². The Morgan fingerprint density at radius 1 is 0.821 bits per heavy atom. The van der Waals surface area contributed by atoms with Crippen LogP contribution in [0.15, 0.2) is 35.1 Å². The molecule has 5 aliphatic rings. The van der Waals surface area contributed by atoms with E-state index in [0.717, 1.165) is 0 Å². The van der Waals surface area contributed by atoms with Crippen LogP contribution in [-0.2, 0) is 32.3 Å². The van der Waals surface area contributed by atoms with Crippen molar-refractivity contribution < 1.29 is 54.6 Å². The van der Waals surface area contributed by atoms with E-state index < -0.39 is 54.8 Å². The predicted molar refractivity (Wildman–Crippen MR) is 208 cm³/mol. The largest absolute Gasteiger partial charge is 0.508 e. The van der Waals surface area contributed by atoms with Gasteiger partial charge in [0.15, 0.2) is 5.76 Å². The Balaban J connectivity index is 1.49. The first kappa shape index (κ1) is 37.9. The number of carboxylic acid groups (broad SMARTS) is 2. The molecule has 5 aliphatic carbocycles. The van der Waals surface area contributed by atoms with Crippen LogP contribution in [0.1, 0.15) is 116 Å². The fourth-order valence-electron chi connectivity index (χ4n) is 10.6. The van der Waals surface area contributed by atoms with Gasteiger partial charge in [-0.1, -0.05) is 11.6 Å². The third kappa shape index (κ3) is 5.67. The van der Waals surface area contributed by atoms with Gasteiger partial charge in [-0.05, 0) is 134 Å². The number of carboxylic acids is 2. The first-order valence-electron chi connectivity index (χ1n) is 19.5. The second-order valence-electron chi connectivity index (χ2n) is 16.3. The van der Waals surface area contributed by atoms with Gasteiger partial charge in [-0.25, -0.2) is 0 Å². The Bertz CT molecular complexity index is 2350. The number of aliphatic hydroxyl groups is 3. The second-order valence-corrected chi connectivity index (χ2v) is 16.3. The summed E-state index contributed by atoms with van der Waals surface area (Å²) >= 11 is 0. The molecule has 2 atom stereocenters. The zero-order valence-electron chi connectivity index (χ0n) is 31.7. The molecular weight excluding hydrogens is 718 g/mol. The third-order valence-electron chi connectivity index (χ3n) is 13.2. The molecule has 3 aromatic carbocycles. The van der Waals surface area contributed by atoms with Crippen molar-refractivity contribution >= 4 is 61.9 Å². The van der Waals surface area contributed by atoms with Crippen LogP contribution < -0.4 is 5.32 Å². The number of allylic oxidation sites excluding steroid dienone is 5. The minimum atomic E-state index is -1.30. The molecule has 0 aliphatic heterocycles. The average Bonchev–Trinajstić information content (AvgIpc) is 3.30. The van der Waals surface area contributed by atoms with E-state index >= 15 is 4.79 Å². The zero-order valence-corrected chi connectivity index (χ0v) is 31.7. The Kier molecular flexibility index (Phi) is 9.57. The van der Waals surface area contributed by atoms with Crippen LogP contribution in [0.3, 0.4) is 0 Å². The van der Waals surface area contributed by atoms with Crippen molar-refractivity contribution in [3.8, 4) is 5.75 Å². The Morgan fingerprint density at radius 2 is 1.41 bits per heavy atom. The van der Waals surface area contributed by atoms with Crippen LogP contribution in [0.25, 0.3) is 32.7 Å². The Hall–Kier alpha value is -5.04. The minimum absolute atomic E-state index is 0.0262. The lowest BCUT2D eigenvalue weighted by atomic mass is 9.69. The number of rotatable bonds is 10. The highest BCUT2D eigenvalue weighted by Gasteiger charge is 2.45. The topological polar surface area (TPSA) is 211 Å². The SMILES string of the molecule is COC1=C2c3c4c5c(c(O)cc(CO)c5c5c(CO)cc(NC6CCC(C(=O)O)CC6)c(c35)C1=O)C(O)C(CC1CCC(C(=O)O)CC1)=C4C=C(C)C2C(C)=O. The molecule has 12 nitrogen and oxygen atoms in total. The van der Waals surface area contributed by atoms with Crippen molar-refractivity contribution in [1.82, 2.24) is 0 Å². The van der Waals surface area contributed by atoms with Crippen molar-refractivity contribution in [2.75, 3.05) is 12.4 Å². The molecule has 0 radical (unpaired) electrons. The van der Waals surface area contributed by atoms with E-state index in [1.54, 1.807) is 6.07 Å². The maximum absolute atomic E-state index is 15.0. The number of phenols is 1. The number of fused-ring (bicyclic) bond motifs is 1. The molecular formula is C44H47NO11. The van der Waals surface area contributed by atoms with Crippen LogP contribution >= 0.6 is 0 Å². The molecule has 2 unspecified atom stereocenters. The number of hydrogen-bond acceptors (Lipinski definition) is 10. The molecule has 0 saturated heterocycles. The standard InChI is InChI=1S/C44H47NO11/c1-18-12-26-27(13-20-4-6-21(7-5-20)43(52)53)40(50)35-29(49)15-24(17-47)32-31-23(16-46)14-28(45-25-10-8-22(9-11-25)44(54)55)34-37(31)38(33(26)36(32)35)39(30(18)19(2)48)42(56-3)41(34)51/h12,14-15,20-22,25,30,40,45-47,49-50H,4-11,13,16-17H2,1-3H3,(H,52,53)(H,54,55). The van der Waals surface area contributed by atoms with Crippen molar-refractivity contribution in [3.05, 3.63) is 68.5 Å². The fourth-order valence-corrected chi connectivity index (χ4v) is 10.6. The predicted octanol–water partition coefficient (Wildman–Crippen LogP) is 6.54. The molecule has 2 saturated carbocycles. The molecule has 294 valence electrons. The van der Waals surface area contributed by atoms with Crippen LogP contribution in [0.5, 0.6) is 5.75 Å². The number of aromatic hydroxyl groups is 1. The average molecular weight is 766 g/mol. The highest BCUT2D eigenvalue weighted by Crippen LogP contribution is 2.59. The summed E-state index contributed by atoms with van der Waals surface area (Å²) in [6.45, 7) is 2.28. The van der Waals surface area contributed by atoms with E-state index in [-0.39, 0.29) is 40.4 Å². The summed E-state index contributed by atoms with van der Waals surface area (Å²) in [4.78, 5) is 52.4. The van der Waals surface area contributed by atoms with Crippen molar-refractivity contribution in [2.45, 2.75) is 97.0 Å². The minimum Gasteiger partial charge on any atom is -0.508 e. The number of hydrogen-bond donors (Lipinski definition) is 7. The normalized spacial score (nSPS) is 25.8. The van der Waals surface area contributed by atoms with Gasteiger partial charge in [0.25, 0.3) is 0 Å². The van der Waals surface area contributed by atoms with Gasteiger partial charge >= 0.3 is 11.9 Å². The number of aliphatic hydroxyl groups excluding tert-OH is 3. The van der Waals surface area contributed by atoms with E-state index in [9.17, 15) is 45.0 Å². The number of methoxy groups -OCH3 is 1. The summed E-state index contributed by atoms with van der Waals surface area (Å²) in [5.41, 5.74) is 4.94. The van der Waals surface area contributed by atoms with Gasteiger partial charge in [0.05, 0.1) is 43.6 Å². The summed E-state index contributed by atoms with van der Waals surface area (Å²) in [7, 11) is 1.39. The third-order valence-corrected chi connectivity index (χ3v) is 13.2. The van der Waals surface area contributed by atoms with Crippen molar-refractivity contribution in [1.29, 1.82) is 0 Å². The van der Waals surface area contributed by atoms with Gasteiger partial charge in [0, 0.05) is 33.6 Å². The summed E-state index contributed by atoms with van der Waals surface area (Å²) in [5, 5.41) is 70.8. The summed E-state index contributed by atoms with van der Waals surface area (Å²) in [6.07, 6.45) is 5.23. The molecule has 8 rings (SSSR count). The summed E-state index contributed by atoms with van der Waals surface area (Å²) < 4.78 is 5.98. The molecule has 0 heterocycles. The van der Waals surface area contributed by atoms with E-state index in [4.69, 9.17) is 4.74 Å². The number of ether oxygens (including phenoxy) is 1. The molecule has 0 spiro atoms. The van der Waals surface area contributed by atoms with Crippen molar-refractivity contribution in [3.63, 3.8) is 0 Å². The number of nitrogens with one attached hydrogen (secondary N) is 1. The Morgan fingerprint density at radius 3 is 1.98 bits per heavy atom.